The smallest absolute Gasteiger partial charge is 0.262 e. The fraction of sp³-hybridized carbons (Fsp3) is 0.227. The molecule has 7 nitrogen and oxygen atoms in total. The normalized spacial score (nSPS) is 11.9. The highest BCUT2D eigenvalue weighted by Gasteiger charge is 2.24. The van der Waals surface area contributed by atoms with Crippen molar-refractivity contribution in [1.29, 1.82) is 0 Å². The number of hydrogen-bond donors (Lipinski definition) is 3. The van der Waals surface area contributed by atoms with Gasteiger partial charge in [-0.15, -0.1) is 0 Å². The summed E-state index contributed by atoms with van der Waals surface area (Å²) in [5.41, 5.74) is 0.222. The largest absolute Gasteiger partial charge is 0.381 e. The minimum Gasteiger partial charge on any atom is -0.381 e. The number of hydrogen-bond acceptors (Lipinski definition) is 5. The number of aliphatic hydroxyl groups is 1. The number of nitrogens with zero attached hydrogens (tertiary/aromatic N) is 1. The summed E-state index contributed by atoms with van der Waals surface area (Å²) in [6, 6.07) is 17.0. The van der Waals surface area contributed by atoms with Gasteiger partial charge >= 0.3 is 0 Å². The number of nitrogens with one attached hydrogen (secondary N) is 2. The lowest BCUT2D eigenvalue weighted by molar-refractivity contribution is -0.130. The maximum Gasteiger partial charge on any atom is 0.262 e. The molecule has 3 N–H and O–H groups in total. The molecular weight excluding hydrogens is 402 g/mol. The van der Waals surface area contributed by atoms with Gasteiger partial charge in [0.2, 0.25) is 0 Å². The molecule has 0 aliphatic carbocycles. The van der Waals surface area contributed by atoms with Crippen molar-refractivity contribution in [1.82, 2.24) is 0 Å². The van der Waals surface area contributed by atoms with Crippen LogP contribution >= 0.6 is 0 Å². The number of fused-ring (bicyclic) bond motifs is 1. The van der Waals surface area contributed by atoms with E-state index >= 15 is 0 Å². The summed E-state index contributed by atoms with van der Waals surface area (Å²) in [5, 5.41) is 13.8. The van der Waals surface area contributed by atoms with Crippen LogP contribution in [0.25, 0.3) is 10.8 Å². The van der Waals surface area contributed by atoms with Crippen molar-refractivity contribution >= 4 is 43.8 Å². The first-order valence-corrected chi connectivity index (χ1v) is 10.8. The number of benzene rings is 3. The average Bonchev–Trinajstić information content (AvgIpc) is 2.67. The van der Waals surface area contributed by atoms with Crippen LogP contribution in [-0.2, 0) is 14.8 Å². The number of amides is 1. The van der Waals surface area contributed by atoms with E-state index in [0.29, 0.717) is 16.8 Å². The third-order valence-electron chi connectivity index (χ3n) is 4.58. The minimum absolute atomic E-state index is 0.183. The van der Waals surface area contributed by atoms with Crippen LogP contribution in [0.2, 0.25) is 0 Å². The van der Waals surface area contributed by atoms with Crippen LogP contribution in [0.15, 0.2) is 65.6 Å². The Labute approximate surface area is 176 Å². The van der Waals surface area contributed by atoms with E-state index in [4.69, 9.17) is 0 Å². The molecule has 3 aromatic rings. The number of rotatable bonds is 6. The molecule has 0 atom stereocenters. The Balaban J connectivity index is 1.89. The molecule has 158 valence electrons. The van der Waals surface area contributed by atoms with Gasteiger partial charge in [-0.3, -0.25) is 9.52 Å². The number of carbonyl (C=O) groups excluding carboxylic acids is 1. The first-order valence-electron chi connectivity index (χ1n) is 9.35. The second kappa shape index (κ2) is 7.97. The third kappa shape index (κ3) is 4.55. The fourth-order valence-electron chi connectivity index (χ4n) is 3.00. The summed E-state index contributed by atoms with van der Waals surface area (Å²) in [6.07, 6.45) is 0. The summed E-state index contributed by atoms with van der Waals surface area (Å²) < 4.78 is 28.7. The van der Waals surface area contributed by atoms with E-state index in [2.05, 4.69) is 10.0 Å². The Kier molecular flexibility index (Phi) is 5.74. The van der Waals surface area contributed by atoms with Crippen molar-refractivity contribution in [3.05, 3.63) is 60.7 Å². The average molecular weight is 428 g/mol. The van der Waals surface area contributed by atoms with Crippen molar-refractivity contribution in [2.45, 2.75) is 24.3 Å². The molecule has 1 amide bonds. The zero-order valence-electron chi connectivity index (χ0n) is 17.3. The van der Waals surface area contributed by atoms with E-state index in [1.165, 1.54) is 13.8 Å². The maximum absolute atomic E-state index is 13.1. The van der Waals surface area contributed by atoms with Gasteiger partial charge in [0, 0.05) is 41.9 Å². The Bertz CT molecular complexity index is 1180. The second-order valence-corrected chi connectivity index (χ2v) is 9.37. The zero-order chi connectivity index (χ0) is 22.1. The fourth-order valence-corrected chi connectivity index (χ4v) is 4.29. The van der Waals surface area contributed by atoms with Gasteiger partial charge < -0.3 is 15.3 Å². The summed E-state index contributed by atoms with van der Waals surface area (Å²) in [6.45, 7) is 2.77. The van der Waals surface area contributed by atoms with Crippen LogP contribution in [0, 0.1) is 0 Å². The highest BCUT2D eigenvalue weighted by atomic mass is 32.2. The molecule has 3 rings (SSSR count). The topological polar surface area (TPSA) is 98.7 Å². The summed E-state index contributed by atoms with van der Waals surface area (Å²) in [7, 11) is -0.0191. The van der Waals surface area contributed by atoms with Gasteiger partial charge in [-0.05, 0) is 50.2 Å². The molecule has 0 aliphatic rings. The molecule has 0 saturated carbocycles. The van der Waals surface area contributed by atoms with E-state index in [1.807, 2.05) is 37.2 Å². The molecule has 0 unspecified atom stereocenters. The predicted molar refractivity (Wildman–Crippen MR) is 120 cm³/mol. The number of carbonyl (C=O) groups is 1. The van der Waals surface area contributed by atoms with Crippen LogP contribution in [0.5, 0.6) is 0 Å². The molecule has 30 heavy (non-hydrogen) atoms. The molecule has 0 saturated heterocycles. The molecule has 0 fully saturated rings. The first kappa shape index (κ1) is 21.6. The number of anilines is 3. The molecule has 0 bridgehead atoms. The molecule has 0 aliphatic heterocycles. The van der Waals surface area contributed by atoms with E-state index in [9.17, 15) is 18.3 Å². The maximum atomic E-state index is 13.1. The number of sulfonamides is 1. The molecule has 0 spiro atoms. The zero-order valence-corrected chi connectivity index (χ0v) is 18.1. The Morgan fingerprint density at radius 3 is 2.07 bits per heavy atom. The minimum atomic E-state index is -3.84. The molecule has 0 aromatic heterocycles. The second-order valence-electron chi connectivity index (χ2n) is 7.72. The van der Waals surface area contributed by atoms with Crippen LogP contribution < -0.4 is 14.9 Å². The van der Waals surface area contributed by atoms with Gasteiger partial charge in [0.25, 0.3) is 15.9 Å². The van der Waals surface area contributed by atoms with Crippen LogP contribution in [0.1, 0.15) is 13.8 Å². The molecule has 3 aromatic carbocycles. The molecule has 0 radical (unpaired) electrons. The lowest BCUT2D eigenvalue weighted by atomic mass is 10.1. The summed E-state index contributed by atoms with van der Waals surface area (Å²) in [5.74, 6) is -0.553. The van der Waals surface area contributed by atoms with Gasteiger partial charge in [0.1, 0.15) is 5.60 Å². The predicted octanol–water partition coefficient (Wildman–Crippen LogP) is 3.42. The van der Waals surface area contributed by atoms with E-state index in [0.717, 1.165) is 11.1 Å². The Hall–Kier alpha value is -3.10. The van der Waals surface area contributed by atoms with Crippen LogP contribution in [0.4, 0.5) is 17.1 Å². The van der Waals surface area contributed by atoms with Crippen LogP contribution in [0.3, 0.4) is 0 Å². The Morgan fingerprint density at radius 2 is 1.47 bits per heavy atom. The van der Waals surface area contributed by atoms with E-state index in [-0.39, 0.29) is 4.90 Å². The summed E-state index contributed by atoms with van der Waals surface area (Å²) >= 11 is 0. The molecule has 0 heterocycles. The van der Waals surface area contributed by atoms with E-state index in [1.54, 1.807) is 42.5 Å². The van der Waals surface area contributed by atoms with Gasteiger partial charge in [-0.25, -0.2) is 8.42 Å². The summed E-state index contributed by atoms with van der Waals surface area (Å²) in [4.78, 5) is 14.0. The molecular formula is C22H25N3O4S. The van der Waals surface area contributed by atoms with Crippen molar-refractivity contribution in [3.8, 4) is 0 Å². The third-order valence-corrected chi connectivity index (χ3v) is 6.02. The monoisotopic (exact) mass is 427 g/mol. The van der Waals surface area contributed by atoms with Gasteiger partial charge in [-0.1, -0.05) is 24.3 Å². The Morgan fingerprint density at radius 1 is 0.900 bits per heavy atom. The first-order chi connectivity index (χ1) is 14.0. The molecule has 8 heteroatoms. The van der Waals surface area contributed by atoms with Gasteiger partial charge in [-0.2, -0.15) is 0 Å². The van der Waals surface area contributed by atoms with Crippen LogP contribution in [-0.4, -0.2) is 39.1 Å². The van der Waals surface area contributed by atoms with Crippen molar-refractivity contribution < 1.29 is 18.3 Å². The highest BCUT2D eigenvalue weighted by Crippen LogP contribution is 2.31. The quantitative estimate of drug-likeness (QED) is 0.560. The van der Waals surface area contributed by atoms with Gasteiger partial charge in [0.15, 0.2) is 0 Å². The van der Waals surface area contributed by atoms with Crippen molar-refractivity contribution in [2.24, 2.45) is 0 Å². The SMILES string of the molecule is CN(C)c1cccc2c(S(=O)(=O)Nc3ccc(NC(=O)C(C)(C)O)cc3)cccc12. The lowest BCUT2D eigenvalue weighted by Crippen LogP contribution is -2.36. The van der Waals surface area contributed by atoms with E-state index < -0.39 is 21.5 Å². The highest BCUT2D eigenvalue weighted by molar-refractivity contribution is 7.93. The van der Waals surface area contributed by atoms with Crippen molar-refractivity contribution in [3.63, 3.8) is 0 Å². The van der Waals surface area contributed by atoms with Gasteiger partial charge in [0.05, 0.1) is 4.90 Å². The lowest BCUT2D eigenvalue weighted by Gasteiger charge is -2.18. The standard InChI is InChI=1S/C22H25N3O4S/c1-22(2,27)21(26)23-15-11-13-16(14-12-15)24-30(28,29)20-10-6-7-17-18(20)8-5-9-19(17)25(3)4/h5-14,24,27H,1-4H3,(H,23,26). The van der Waals surface area contributed by atoms with Crippen molar-refractivity contribution in [2.75, 3.05) is 29.0 Å².